The van der Waals surface area contributed by atoms with E-state index < -0.39 is 0 Å². The monoisotopic (exact) mass is 175 g/mol. The maximum atomic E-state index is 5.73. The van der Waals surface area contributed by atoms with Crippen molar-refractivity contribution in [1.82, 2.24) is 0 Å². The van der Waals surface area contributed by atoms with Crippen LogP contribution in [0.3, 0.4) is 0 Å². The highest BCUT2D eigenvalue weighted by Crippen LogP contribution is 1.93. The van der Waals surface area contributed by atoms with Gasteiger partial charge in [-0.25, -0.2) is 0 Å². The molecule has 1 unspecified atom stereocenters. The number of nitrogens with two attached hydrogens (primary N) is 1. The Kier molecular flexibility index (Phi) is 8.88. The fraction of sp³-hybridized carbons (Fsp3) is 1.00. The molecule has 0 amide bonds. The minimum absolute atomic E-state index is 0.191. The third-order valence-electron chi connectivity index (χ3n) is 1.57. The van der Waals surface area contributed by atoms with Gasteiger partial charge < -0.3 is 15.2 Å². The van der Waals surface area contributed by atoms with Crippen molar-refractivity contribution in [2.45, 2.75) is 32.7 Å². The summed E-state index contributed by atoms with van der Waals surface area (Å²) in [5.74, 6) is 0. The molecule has 0 bridgehead atoms. The lowest BCUT2D eigenvalue weighted by Crippen LogP contribution is -2.26. The van der Waals surface area contributed by atoms with Crippen LogP contribution in [0.1, 0.15) is 26.7 Å². The molecule has 0 rings (SSSR count). The van der Waals surface area contributed by atoms with Crippen molar-refractivity contribution in [1.29, 1.82) is 0 Å². The molecule has 0 spiro atoms. The van der Waals surface area contributed by atoms with Crippen molar-refractivity contribution in [3.63, 3.8) is 0 Å². The summed E-state index contributed by atoms with van der Waals surface area (Å²) in [6, 6.07) is 0.191. The highest BCUT2D eigenvalue weighted by Gasteiger charge is 1.99. The second-order valence-corrected chi connectivity index (χ2v) is 2.82. The van der Waals surface area contributed by atoms with Gasteiger partial charge in [-0.15, -0.1) is 0 Å². The summed E-state index contributed by atoms with van der Waals surface area (Å²) < 4.78 is 10.4. The third kappa shape index (κ3) is 7.98. The Morgan fingerprint density at radius 3 is 2.42 bits per heavy atom. The molecule has 0 saturated carbocycles. The van der Waals surface area contributed by atoms with Crippen LogP contribution in [0, 0.1) is 0 Å². The summed E-state index contributed by atoms with van der Waals surface area (Å²) in [5.41, 5.74) is 5.73. The molecule has 3 heteroatoms. The van der Waals surface area contributed by atoms with E-state index in [-0.39, 0.29) is 6.04 Å². The molecule has 0 aromatic carbocycles. The van der Waals surface area contributed by atoms with Crippen molar-refractivity contribution in [3.8, 4) is 0 Å². The largest absolute Gasteiger partial charge is 0.379 e. The van der Waals surface area contributed by atoms with Gasteiger partial charge in [-0.1, -0.05) is 13.3 Å². The van der Waals surface area contributed by atoms with Crippen LogP contribution in [0.5, 0.6) is 0 Å². The van der Waals surface area contributed by atoms with Gasteiger partial charge in [0.15, 0.2) is 0 Å². The van der Waals surface area contributed by atoms with Crippen molar-refractivity contribution >= 4 is 0 Å². The number of hydrogen-bond acceptors (Lipinski definition) is 3. The van der Waals surface area contributed by atoms with E-state index in [1.165, 1.54) is 0 Å². The molecule has 1 atom stereocenters. The maximum absolute atomic E-state index is 5.73. The zero-order chi connectivity index (χ0) is 9.23. The summed E-state index contributed by atoms with van der Waals surface area (Å²) in [6.45, 7) is 6.84. The van der Waals surface area contributed by atoms with Gasteiger partial charge >= 0.3 is 0 Å². The molecule has 0 aromatic rings. The van der Waals surface area contributed by atoms with Crippen molar-refractivity contribution in [2.24, 2.45) is 5.73 Å². The van der Waals surface area contributed by atoms with Crippen LogP contribution in [0.15, 0.2) is 0 Å². The summed E-state index contributed by atoms with van der Waals surface area (Å²) in [7, 11) is 0. The highest BCUT2D eigenvalue weighted by molar-refractivity contribution is 4.57. The quantitative estimate of drug-likeness (QED) is 0.563. The van der Waals surface area contributed by atoms with Gasteiger partial charge in [0.2, 0.25) is 0 Å². The summed E-state index contributed by atoms with van der Waals surface area (Å²) >= 11 is 0. The molecule has 0 heterocycles. The summed E-state index contributed by atoms with van der Waals surface area (Å²) in [4.78, 5) is 0. The van der Waals surface area contributed by atoms with E-state index in [4.69, 9.17) is 15.2 Å². The predicted octanol–water partition coefficient (Wildman–Crippen LogP) is 1.17. The van der Waals surface area contributed by atoms with E-state index in [0.29, 0.717) is 19.8 Å². The first-order valence-electron chi connectivity index (χ1n) is 4.72. The molecule has 12 heavy (non-hydrogen) atoms. The molecule has 0 aliphatic heterocycles. The lowest BCUT2D eigenvalue weighted by Gasteiger charge is -2.10. The van der Waals surface area contributed by atoms with E-state index in [2.05, 4.69) is 6.92 Å². The molecular weight excluding hydrogens is 154 g/mol. The van der Waals surface area contributed by atoms with Gasteiger partial charge in [-0.2, -0.15) is 0 Å². The average molecular weight is 175 g/mol. The number of hydrogen-bond donors (Lipinski definition) is 1. The lowest BCUT2D eigenvalue weighted by molar-refractivity contribution is 0.0466. The maximum Gasteiger partial charge on any atom is 0.0701 e. The fourth-order valence-electron chi connectivity index (χ4n) is 0.951. The van der Waals surface area contributed by atoms with Crippen molar-refractivity contribution in [3.05, 3.63) is 0 Å². The summed E-state index contributed by atoms with van der Waals surface area (Å²) in [6.07, 6.45) is 2.16. The van der Waals surface area contributed by atoms with E-state index in [1.54, 1.807) is 0 Å². The molecular formula is C9H21NO2. The second-order valence-electron chi connectivity index (χ2n) is 2.82. The normalized spacial score (nSPS) is 13.2. The van der Waals surface area contributed by atoms with E-state index in [9.17, 15) is 0 Å². The molecule has 0 fully saturated rings. The Balaban J connectivity index is 2.97. The third-order valence-corrected chi connectivity index (χ3v) is 1.57. The fourth-order valence-corrected chi connectivity index (χ4v) is 0.951. The molecule has 2 N–H and O–H groups in total. The van der Waals surface area contributed by atoms with Crippen molar-refractivity contribution < 1.29 is 9.47 Å². The molecule has 0 radical (unpaired) electrons. The first kappa shape index (κ1) is 11.9. The predicted molar refractivity (Wildman–Crippen MR) is 50.2 cm³/mol. The van der Waals surface area contributed by atoms with Crippen LogP contribution in [-0.2, 0) is 9.47 Å². The molecule has 74 valence electrons. The van der Waals surface area contributed by atoms with Crippen LogP contribution in [0.2, 0.25) is 0 Å². The number of rotatable bonds is 8. The van der Waals surface area contributed by atoms with E-state index in [1.807, 2.05) is 6.92 Å². The Labute approximate surface area is 75.2 Å². The summed E-state index contributed by atoms with van der Waals surface area (Å²) in [5, 5.41) is 0. The SMILES string of the molecule is CCCC(N)COCCOCC. The second kappa shape index (κ2) is 8.97. The van der Waals surface area contributed by atoms with E-state index >= 15 is 0 Å². The van der Waals surface area contributed by atoms with Gasteiger partial charge in [0, 0.05) is 12.6 Å². The molecule has 0 aliphatic carbocycles. The lowest BCUT2D eigenvalue weighted by atomic mass is 10.2. The van der Waals surface area contributed by atoms with Gasteiger partial charge in [0.1, 0.15) is 0 Å². The van der Waals surface area contributed by atoms with Gasteiger partial charge in [0.25, 0.3) is 0 Å². The average Bonchev–Trinajstić information content (AvgIpc) is 2.05. The molecule has 0 aliphatic rings. The number of ether oxygens (including phenoxy) is 2. The molecule has 0 aromatic heterocycles. The zero-order valence-electron chi connectivity index (χ0n) is 8.21. The van der Waals surface area contributed by atoms with Gasteiger partial charge in [0.05, 0.1) is 19.8 Å². The minimum Gasteiger partial charge on any atom is -0.379 e. The van der Waals surface area contributed by atoms with Crippen LogP contribution in [0.25, 0.3) is 0 Å². The van der Waals surface area contributed by atoms with Gasteiger partial charge in [-0.05, 0) is 13.3 Å². The first-order chi connectivity index (χ1) is 5.81. The standard InChI is InChI=1S/C9H21NO2/c1-3-5-9(10)8-12-7-6-11-4-2/h9H,3-8,10H2,1-2H3. The zero-order valence-corrected chi connectivity index (χ0v) is 8.21. The Morgan fingerprint density at radius 1 is 1.17 bits per heavy atom. The smallest absolute Gasteiger partial charge is 0.0701 e. The topological polar surface area (TPSA) is 44.5 Å². The van der Waals surface area contributed by atoms with Crippen LogP contribution in [-0.4, -0.2) is 32.5 Å². The van der Waals surface area contributed by atoms with E-state index in [0.717, 1.165) is 19.4 Å². The van der Waals surface area contributed by atoms with Gasteiger partial charge in [-0.3, -0.25) is 0 Å². The van der Waals surface area contributed by atoms with Crippen LogP contribution < -0.4 is 5.73 Å². The van der Waals surface area contributed by atoms with Crippen LogP contribution in [0.4, 0.5) is 0 Å². The first-order valence-corrected chi connectivity index (χ1v) is 4.72. The Hall–Kier alpha value is -0.120. The Morgan fingerprint density at radius 2 is 1.83 bits per heavy atom. The minimum atomic E-state index is 0.191. The Bertz CT molecular complexity index is 88.6. The van der Waals surface area contributed by atoms with Crippen molar-refractivity contribution in [2.75, 3.05) is 26.4 Å². The highest BCUT2D eigenvalue weighted by atomic mass is 16.5. The van der Waals surface area contributed by atoms with Crippen LogP contribution >= 0.6 is 0 Å². The molecule has 0 saturated heterocycles. The molecule has 3 nitrogen and oxygen atoms in total.